The minimum atomic E-state index is -0.142. The van der Waals surface area contributed by atoms with Crippen LogP contribution in [0.2, 0.25) is 0 Å². The van der Waals surface area contributed by atoms with Crippen molar-refractivity contribution in [2.75, 3.05) is 0 Å². The van der Waals surface area contributed by atoms with E-state index in [1.54, 1.807) is 17.4 Å². The van der Waals surface area contributed by atoms with Crippen LogP contribution in [0.5, 0.6) is 0 Å². The lowest BCUT2D eigenvalue weighted by Gasteiger charge is -2.03. The second-order valence-electron chi connectivity index (χ2n) is 4.14. The summed E-state index contributed by atoms with van der Waals surface area (Å²) in [7, 11) is 0. The van der Waals surface area contributed by atoms with Crippen LogP contribution < -0.4 is 5.43 Å². The molecule has 0 aliphatic rings. The SMILES string of the molecule is CCC/C(=N/NC(=O)c1cccs1)c1ccc(C)s1. The van der Waals surface area contributed by atoms with Crippen LogP contribution in [0.4, 0.5) is 0 Å². The second-order valence-corrected chi connectivity index (χ2v) is 6.37. The van der Waals surface area contributed by atoms with Crippen molar-refractivity contribution in [1.29, 1.82) is 0 Å². The van der Waals surface area contributed by atoms with Crippen LogP contribution in [0.25, 0.3) is 0 Å². The van der Waals surface area contributed by atoms with E-state index in [0.29, 0.717) is 4.88 Å². The highest BCUT2D eigenvalue weighted by molar-refractivity contribution is 7.14. The van der Waals surface area contributed by atoms with Crippen LogP contribution in [0.3, 0.4) is 0 Å². The van der Waals surface area contributed by atoms with E-state index in [1.807, 2.05) is 11.4 Å². The summed E-state index contributed by atoms with van der Waals surface area (Å²) in [6, 6.07) is 7.79. The highest BCUT2D eigenvalue weighted by Gasteiger charge is 2.08. The molecule has 0 aliphatic carbocycles. The average molecular weight is 292 g/mol. The highest BCUT2D eigenvalue weighted by atomic mass is 32.1. The summed E-state index contributed by atoms with van der Waals surface area (Å²) < 4.78 is 0. The predicted octanol–water partition coefficient (Wildman–Crippen LogP) is 4.05. The number of amides is 1. The number of hydrogen-bond acceptors (Lipinski definition) is 4. The van der Waals surface area contributed by atoms with E-state index >= 15 is 0 Å². The Morgan fingerprint density at radius 1 is 1.32 bits per heavy atom. The van der Waals surface area contributed by atoms with Gasteiger partial charge in [-0.1, -0.05) is 19.4 Å². The van der Waals surface area contributed by atoms with Crippen molar-refractivity contribution in [2.45, 2.75) is 26.7 Å². The van der Waals surface area contributed by atoms with Crippen molar-refractivity contribution in [2.24, 2.45) is 5.10 Å². The molecule has 1 N–H and O–H groups in total. The number of rotatable bonds is 5. The van der Waals surface area contributed by atoms with Gasteiger partial charge in [0, 0.05) is 4.88 Å². The third-order valence-electron chi connectivity index (χ3n) is 2.55. The molecule has 2 rings (SSSR count). The zero-order chi connectivity index (χ0) is 13.7. The van der Waals surface area contributed by atoms with Gasteiger partial charge in [-0.15, -0.1) is 22.7 Å². The molecule has 0 aliphatic heterocycles. The Labute approximate surface area is 121 Å². The van der Waals surface area contributed by atoms with Gasteiger partial charge >= 0.3 is 0 Å². The van der Waals surface area contributed by atoms with Crippen molar-refractivity contribution >= 4 is 34.3 Å². The van der Waals surface area contributed by atoms with Crippen LogP contribution in [-0.2, 0) is 0 Å². The molecule has 2 heterocycles. The molecule has 2 aromatic heterocycles. The number of nitrogens with one attached hydrogen (secondary N) is 1. The molecule has 1 amide bonds. The van der Waals surface area contributed by atoms with Crippen molar-refractivity contribution in [3.63, 3.8) is 0 Å². The van der Waals surface area contributed by atoms with E-state index in [2.05, 4.69) is 36.5 Å². The molecule has 0 radical (unpaired) electrons. The van der Waals surface area contributed by atoms with E-state index in [-0.39, 0.29) is 5.91 Å². The topological polar surface area (TPSA) is 41.5 Å². The molecule has 0 fully saturated rings. The summed E-state index contributed by atoms with van der Waals surface area (Å²) in [5.74, 6) is -0.142. The van der Waals surface area contributed by atoms with Crippen molar-refractivity contribution < 1.29 is 4.79 Å². The molecular weight excluding hydrogens is 276 g/mol. The van der Waals surface area contributed by atoms with Crippen LogP contribution in [0.1, 0.15) is 39.2 Å². The smallest absolute Gasteiger partial charge is 0.266 e. The number of hydrogen-bond donors (Lipinski definition) is 1. The van der Waals surface area contributed by atoms with Crippen molar-refractivity contribution in [1.82, 2.24) is 5.43 Å². The number of hydrazone groups is 1. The second kappa shape index (κ2) is 6.63. The van der Waals surface area contributed by atoms with Crippen LogP contribution >= 0.6 is 22.7 Å². The molecule has 2 aromatic rings. The third kappa shape index (κ3) is 3.75. The van der Waals surface area contributed by atoms with Gasteiger partial charge < -0.3 is 0 Å². The van der Waals surface area contributed by atoms with Gasteiger partial charge in [0.1, 0.15) is 0 Å². The predicted molar refractivity (Wildman–Crippen MR) is 82.3 cm³/mol. The quantitative estimate of drug-likeness (QED) is 0.655. The lowest BCUT2D eigenvalue weighted by molar-refractivity contribution is 0.0959. The summed E-state index contributed by atoms with van der Waals surface area (Å²) in [6.45, 7) is 4.18. The fourth-order valence-corrected chi connectivity index (χ4v) is 3.14. The zero-order valence-electron chi connectivity index (χ0n) is 11.0. The number of aryl methyl sites for hydroxylation is 1. The lowest BCUT2D eigenvalue weighted by atomic mass is 10.2. The van der Waals surface area contributed by atoms with Gasteiger partial charge in [-0.25, -0.2) is 5.43 Å². The van der Waals surface area contributed by atoms with Gasteiger partial charge in [0.25, 0.3) is 5.91 Å². The molecule has 0 bridgehead atoms. The summed E-state index contributed by atoms with van der Waals surface area (Å²) in [5.41, 5.74) is 3.59. The molecular formula is C14H16N2OS2. The molecule has 0 spiro atoms. The zero-order valence-corrected chi connectivity index (χ0v) is 12.6. The first-order valence-electron chi connectivity index (χ1n) is 6.18. The fourth-order valence-electron chi connectivity index (χ4n) is 1.64. The van der Waals surface area contributed by atoms with Crippen LogP contribution in [0, 0.1) is 6.92 Å². The van der Waals surface area contributed by atoms with E-state index in [4.69, 9.17) is 0 Å². The van der Waals surface area contributed by atoms with Gasteiger partial charge in [-0.3, -0.25) is 4.79 Å². The standard InChI is InChI=1S/C14H16N2OS2/c1-3-5-11(12-8-7-10(2)19-12)15-16-14(17)13-6-4-9-18-13/h4,6-9H,3,5H2,1-2H3,(H,16,17)/b15-11-. The first-order valence-corrected chi connectivity index (χ1v) is 7.87. The van der Waals surface area contributed by atoms with Crippen LogP contribution in [0.15, 0.2) is 34.7 Å². The van der Waals surface area contributed by atoms with Crippen molar-refractivity contribution in [3.8, 4) is 0 Å². The minimum Gasteiger partial charge on any atom is -0.266 e. The van der Waals surface area contributed by atoms with Crippen LogP contribution in [-0.4, -0.2) is 11.6 Å². The summed E-state index contributed by atoms with van der Waals surface area (Å²) in [4.78, 5) is 14.9. The molecule has 5 heteroatoms. The molecule has 0 saturated carbocycles. The fraction of sp³-hybridized carbons (Fsp3) is 0.286. The minimum absolute atomic E-state index is 0.142. The van der Waals surface area contributed by atoms with Gasteiger partial charge in [-0.2, -0.15) is 5.10 Å². The van der Waals surface area contributed by atoms with Gasteiger partial charge in [-0.05, 0) is 36.9 Å². The van der Waals surface area contributed by atoms with E-state index < -0.39 is 0 Å². The van der Waals surface area contributed by atoms with E-state index in [9.17, 15) is 4.79 Å². The normalized spacial score (nSPS) is 11.6. The van der Waals surface area contributed by atoms with Crippen molar-refractivity contribution in [3.05, 3.63) is 44.3 Å². The molecule has 3 nitrogen and oxygen atoms in total. The summed E-state index contributed by atoms with van der Waals surface area (Å²) in [5, 5.41) is 6.17. The molecule has 0 atom stereocenters. The molecule has 0 aromatic carbocycles. The highest BCUT2D eigenvalue weighted by Crippen LogP contribution is 2.18. The monoisotopic (exact) mass is 292 g/mol. The Morgan fingerprint density at radius 2 is 2.16 bits per heavy atom. The Morgan fingerprint density at radius 3 is 2.74 bits per heavy atom. The van der Waals surface area contributed by atoms with Gasteiger partial charge in [0.15, 0.2) is 0 Å². The Hall–Kier alpha value is -1.46. The summed E-state index contributed by atoms with van der Waals surface area (Å²) in [6.07, 6.45) is 1.87. The first-order chi connectivity index (χ1) is 9.20. The maximum absolute atomic E-state index is 11.8. The lowest BCUT2D eigenvalue weighted by Crippen LogP contribution is -2.18. The Bertz CT molecular complexity index is 570. The molecule has 100 valence electrons. The number of thiophene rings is 2. The van der Waals surface area contributed by atoms with Gasteiger partial charge in [0.05, 0.1) is 15.5 Å². The number of nitrogens with zero attached hydrogens (tertiary/aromatic N) is 1. The first kappa shape index (κ1) is 14.0. The number of carbonyl (C=O) groups is 1. The van der Waals surface area contributed by atoms with Gasteiger partial charge in [0.2, 0.25) is 0 Å². The summed E-state index contributed by atoms with van der Waals surface area (Å²) >= 11 is 3.12. The Balaban J connectivity index is 2.11. The average Bonchev–Trinajstić information content (AvgIpc) is 3.05. The van der Waals surface area contributed by atoms with E-state index in [1.165, 1.54) is 16.2 Å². The maximum atomic E-state index is 11.8. The molecule has 19 heavy (non-hydrogen) atoms. The maximum Gasteiger partial charge on any atom is 0.281 e. The third-order valence-corrected chi connectivity index (χ3v) is 4.47. The molecule has 0 unspecified atom stereocenters. The van der Waals surface area contributed by atoms with E-state index in [0.717, 1.165) is 23.4 Å². The molecule has 0 saturated heterocycles. The Kier molecular flexibility index (Phi) is 4.87. The number of carbonyl (C=O) groups excluding carboxylic acids is 1. The largest absolute Gasteiger partial charge is 0.281 e.